The monoisotopic (exact) mass is 615 g/mol. The van der Waals surface area contributed by atoms with Gasteiger partial charge in [0.2, 0.25) is 0 Å². The van der Waals surface area contributed by atoms with Crippen molar-refractivity contribution in [3.05, 3.63) is 106 Å². The van der Waals surface area contributed by atoms with Crippen LogP contribution in [0.3, 0.4) is 0 Å². The molecule has 2 aromatic heterocycles. The number of hydrogen-bond donors (Lipinski definition) is 3. The van der Waals surface area contributed by atoms with Crippen molar-refractivity contribution in [1.82, 2.24) is 29.9 Å². The van der Waals surface area contributed by atoms with E-state index in [1.807, 2.05) is 30.3 Å². The Balaban J connectivity index is 1.21. The van der Waals surface area contributed by atoms with Gasteiger partial charge in [0.25, 0.3) is 5.91 Å². The number of benzene rings is 3. The molecule has 0 bridgehead atoms. The highest BCUT2D eigenvalue weighted by Gasteiger charge is 2.43. The number of carbonyl (C=O) groups is 1. The molecule has 2 aliphatic heterocycles. The van der Waals surface area contributed by atoms with Crippen molar-refractivity contribution < 1.29 is 23.1 Å². The molecule has 3 N–H and O–H groups in total. The normalized spacial score (nSPS) is 17.2. The van der Waals surface area contributed by atoms with Gasteiger partial charge in [-0.3, -0.25) is 14.7 Å². The summed E-state index contributed by atoms with van der Waals surface area (Å²) >= 11 is 0. The maximum Gasteiger partial charge on any atom is 0.435 e. The van der Waals surface area contributed by atoms with E-state index in [-0.39, 0.29) is 41.8 Å². The molecule has 45 heavy (non-hydrogen) atoms. The number of β-amino-alcohol motifs (C(OH)–C–C–N with tert-alkyl or cyclic N) is 1. The number of hydrogen-bond acceptors (Lipinski definition) is 6. The third-order valence-electron chi connectivity index (χ3n) is 8.30. The number of anilines is 1. The molecule has 1 fully saturated rings. The molecule has 10 nitrogen and oxygen atoms in total. The summed E-state index contributed by atoms with van der Waals surface area (Å²) in [5.74, 6) is -0.398. The van der Waals surface area contributed by atoms with E-state index in [2.05, 4.69) is 31.2 Å². The number of H-pyrrole nitrogens is 2. The molecule has 0 unspecified atom stereocenters. The molecule has 0 radical (unpaired) electrons. The first kappa shape index (κ1) is 28.7. The van der Waals surface area contributed by atoms with Crippen molar-refractivity contribution in [2.45, 2.75) is 31.7 Å². The second-order valence-corrected chi connectivity index (χ2v) is 11.3. The zero-order valence-corrected chi connectivity index (χ0v) is 23.9. The first-order valence-corrected chi connectivity index (χ1v) is 14.5. The minimum Gasteiger partial charge on any atom is -0.392 e. The smallest absolute Gasteiger partial charge is 0.392 e. The summed E-state index contributed by atoms with van der Waals surface area (Å²) in [4.78, 5) is 31.7. The van der Waals surface area contributed by atoms with E-state index in [9.17, 15) is 27.9 Å². The van der Waals surface area contributed by atoms with Crippen LogP contribution in [0, 0.1) is 0 Å². The molecule has 3 aromatic carbocycles. The average Bonchev–Trinajstić information content (AvgIpc) is 3.76. The van der Waals surface area contributed by atoms with Gasteiger partial charge < -0.3 is 10.0 Å². The van der Waals surface area contributed by atoms with Gasteiger partial charge in [-0.05, 0) is 53.8 Å². The lowest BCUT2D eigenvalue weighted by molar-refractivity contribution is -0.141. The van der Waals surface area contributed by atoms with E-state index in [4.69, 9.17) is 0 Å². The summed E-state index contributed by atoms with van der Waals surface area (Å²) in [7, 11) is 0. The lowest BCUT2D eigenvalue weighted by Crippen LogP contribution is -2.39. The summed E-state index contributed by atoms with van der Waals surface area (Å²) < 4.78 is 43.4. The topological polar surface area (TPSA) is 123 Å². The largest absolute Gasteiger partial charge is 0.435 e. The minimum atomic E-state index is -4.76. The molecule has 2 aliphatic rings. The van der Waals surface area contributed by atoms with Crippen LogP contribution in [0.2, 0.25) is 0 Å². The van der Waals surface area contributed by atoms with Gasteiger partial charge in [0, 0.05) is 43.0 Å². The van der Waals surface area contributed by atoms with Crippen molar-refractivity contribution in [2.24, 2.45) is 0 Å². The Morgan fingerprint density at radius 2 is 1.73 bits per heavy atom. The van der Waals surface area contributed by atoms with E-state index >= 15 is 0 Å². The van der Waals surface area contributed by atoms with Crippen molar-refractivity contribution in [3.8, 4) is 28.2 Å². The second kappa shape index (κ2) is 11.2. The Kier molecular flexibility index (Phi) is 7.13. The molecule has 5 aromatic rings. The number of aliphatic hydroxyl groups is 1. The van der Waals surface area contributed by atoms with Crippen LogP contribution in [0.5, 0.6) is 0 Å². The van der Waals surface area contributed by atoms with Crippen LogP contribution in [0.1, 0.15) is 33.7 Å². The lowest BCUT2D eigenvalue weighted by Gasteiger charge is -2.28. The summed E-state index contributed by atoms with van der Waals surface area (Å²) in [6.07, 6.45) is -4.35. The highest BCUT2D eigenvalue weighted by Crippen LogP contribution is 2.38. The fourth-order valence-electron chi connectivity index (χ4n) is 6.17. The molecule has 1 amide bonds. The number of aromatic amines is 2. The van der Waals surface area contributed by atoms with E-state index < -0.39 is 23.5 Å². The Hall–Kier alpha value is -5.01. The number of rotatable bonds is 6. The van der Waals surface area contributed by atoms with Crippen molar-refractivity contribution in [3.63, 3.8) is 0 Å². The number of nitrogens with one attached hydrogen (secondary N) is 2. The van der Waals surface area contributed by atoms with E-state index in [0.717, 1.165) is 34.3 Å². The first-order chi connectivity index (χ1) is 21.7. The van der Waals surface area contributed by atoms with Gasteiger partial charge in [-0.2, -0.15) is 23.4 Å². The number of aromatic nitrogens is 5. The molecular weight excluding hydrogens is 587 g/mol. The van der Waals surface area contributed by atoms with E-state index in [1.165, 1.54) is 11.0 Å². The third kappa shape index (κ3) is 5.44. The van der Waals surface area contributed by atoms with Crippen LogP contribution in [-0.2, 0) is 19.1 Å². The van der Waals surface area contributed by atoms with Gasteiger partial charge in [-0.15, -0.1) is 0 Å². The highest BCUT2D eigenvalue weighted by molar-refractivity contribution is 6.07. The predicted octanol–water partition coefficient (Wildman–Crippen LogP) is 4.41. The van der Waals surface area contributed by atoms with Crippen LogP contribution in [0.15, 0.2) is 77.6 Å². The van der Waals surface area contributed by atoms with Gasteiger partial charge in [0.1, 0.15) is 5.69 Å². The lowest BCUT2D eigenvalue weighted by atomic mass is 9.98. The Morgan fingerprint density at radius 3 is 2.44 bits per heavy atom. The molecule has 0 aliphatic carbocycles. The number of likely N-dealkylation sites (tertiary alicyclic amines) is 1. The molecule has 4 heterocycles. The third-order valence-corrected chi connectivity index (χ3v) is 8.30. The number of alkyl halides is 3. The fourth-order valence-corrected chi connectivity index (χ4v) is 6.17. The van der Waals surface area contributed by atoms with Crippen molar-refractivity contribution in [2.75, 3.05) is 24.5 Å². The van der Waals surface area contributed by atoms with Crippen LogP contribution >= 0.6 is 0 Å². The quantitative estimate of drug-likeness (QED) is 0.260. The number of halogens is 3. The van der Waals surface area contributed by atoms with Crippen LogP contribution in [0.4, 0.5) is 18.9 Å². The Labute approximate surface area is 254 Å². The zero-order chi connectivity index (χ0) is 31.3. The molecule has 0 saturated carbocycles. The fraction of sp³-hybridized carbons (Fsp3) is 0.250. The molecule has 7 rings (SSSR count). The molecule has 1 atom stereocenters. The second-order valence-electron chi connectivity index (χ2n) is 11.3. The predicted molar refractivity (Wildman–Crippen MR) is 160 cm³/mol. The maximum absolute atomic E-state index is 14.1. The molecule has 13 heteroatoms. The first-order valence-electron chi connectivity index (χ1n) is 14.5. The Bertz CT molecular complexity index is 1940. The van der Waals surface area contributed by atoms with Crippen molar-refractivity contribution in [1.29, 1.82) is 0 Å². The van der Waals surface area contributed by atoms with Gasteiger partial charge in [-0.25, -0.2) is 14.6 Å². The van der Waals surface area contributed by atoms with Crippen LogP contribution < -0.4 is 10.6 Å². The van der Waals surface area contributed by atoms with Crippen LogP contribution in [0.25, 0.3) is 28.2 Å². The minimum absolute atomic E-state index is 0.0332. The number of aliphatic hydroxyl groups excluding tert-OH is 1. The number of amides is 1. The number of carbonyl (C=O) groups excluding carboxylic acids is 1. The van der Waals surface area contributed by atoms with Crippen LogP contribution in [-0.4, -0.2) is 66.6 Å². The number of nitrogens with zero attached hydrogens (tertiary/aromatic N) is 5. The van der Waals surface area contributed by atoms with E-state index in [1.54, 1.807) is 30.3 Å². The zero-order valence-electron chi connectivity index (χ0n) is 23.9. The summed E-state index contributed by atoms with van der Waals surface area (Å²) in [6.45, 7) is 2.21. The van der Waals surface area contributed by atoms with Gasteiger partial charge in [-0.1, -0.05) is 48.5 Å². The highest BCUT2D eigenvalue weighted by atomic mass is 19.4. The van der Waals surface area contributed by atoms with E-state index in [0.29, 0.717) is 24.3 Å². The van der Waals surface area contributed by atoms with Gasteiger partial charge in [0.15, 0.2) is 11.5 Å². The van der Waals surface area contributed by atoms with Gasteiger partial charge in [0.05, 0.1) is 11.8 Å². The molecule has 0 spiro atoms. The molecular formula is C32H28F3N7O3. The summed E-state index contributed by atoms with van der Waals surface area (Å²) in [5.41, 5.74) is 2.35. The summed E-state index contributed by atoms with van der Waals surface area (Å²) in [6, 6.07) is 21.7. The SMILES string of the molecule is O=C1c2c(c(C(F)(F)F)nn2-c2cccc(-c3n[nH]c(=O)[nH]3)c2)CCN1c1ccc(-c2ccccc2CN2CC[C@@H](O)C2)cc1. The standard InChI is InChI=1S/C32H28F3N7O3/c33-32(34,35)28-26-13-15-41(30(44)27(26)42(39-28)23-6-3-5-20(16-23)29-36-31(45)38-37-29)22-10-8-19(9-11-22)25-7-2-1-4-21(25)17-40-14-12-24(43)18-40/h1-11,16,24,43H,12-15,17-18H2,(H2,36,37,38,45)/t24-/m1/s1. The maximum atomic E-state index is 14.1. The number of fused-ring (bicyclic) bond motifs is 1. The molecule has 1 saturated heterocycles. The average molecular weight is 616 g/mol. The Morgan fingerprint density at radius 1 is 0.933 bits per heavy atom. The van der Waals surface area contributed by atoms with Gasteiger partial charge >= 0.3 is 11.9 Å². The molecule has 230 valence electrons. The van der Waals surface area contributed by atoms with Crippen molar-refractivity contribution >= 4 is 11.6 Å². The summed E-state index contributed by atoms with van der Waals surface area (Å²) in [5, 5.41) is 20.0.